The average molecular weight is 251 g/mol. The minimum absolute atomic E-state index is 0.435. The summed E-state index contributed by atoms with van der Waals surface area (Å²) in [6.07, 6.45) is 1.62. The van der Waals surface area contributed by atoms with Gasteiger partial charge >= 0.3 is 0 Å². The van der Waals surface area contributed by atoms with E-state index in [2.05, 4.69) is 4.90 Å². The van der Waals surface area contributed by atoms with E-state index in [9.17, 15) is 10.2 Å². The Morgan fingerprint density at radius 3 is 2.17 bits per heavy atom. The second-order valence-electron chi connectivity index (χ2n) is 4.83. The Labute approximate surface area is 107 Å². The van der Waals surface area contributed by atoms with Gasteiger partial charge in [0.05, 0.1) is 6.61 Å². The number of aliphatic hydroxyl groups is 3. The van der Waals surface area contributed by atoms with Gasteiger partial charge in [-0.05, 0) is 37.0 Å². The van der Waals surface area contributed by atoms with E-state index in [1.807, 2.05) is 24.3 Å². The summed E-state index contributed by atoms with van der Waals surface area (Å²) in [7, 11) is 0. The van der Waals surface area contributed by atoms with Crippen LogP contribution in [0, 0.1) is 0 Å². The summed E-state index contributed by atoms with van der Waals surface area (Å²) in [5.41, 5.74) is 1.79. The molecule has 3 N–H and O–H groups in total. The zero-order valence-electron chi connectivity index (χ0n) is 10.5. The summed E-state index contributed by atoms with van der Waals surface area (Å²) in [4.78, 5) is 2.34. The lowest BCUT2D eigenvalue weighted by Gasteiger charge is -2.29. The lowest BCUT2D eigenvalue weighted by Crippen LogP contribution is -2.29. The third kappa shape index (κ3) is 3.02. The van der Waals surface area contributed by atoms with Crippen LogP contribution in [0.4, 0.5) is 5.69 Å². The molecule has 0 radical (unpaired) electrons. The molecule has 4 heteroatoms. The molecule has 100 valence electrons. The first kappa shape index (κ1) is 13.3. The maximum absolute atomic E-state index is 9.77. The molecule has 2 unspecified atom stereocenters. The third-order valence-electron chi connectivity index (χ3n) is 3.51. The number of piperidine rings is 1. The van der Waals surface area contributed by atoms with Crippen molar-refractivity contribution in [2.45, 2.75) is 31.5 Å². The van der Waals surface area contributed by atoms with Crippen LogP contribution in [0.3, 0.4) is 0 Å². The van der Waals surface area contributed by atoms with Crippen LogP contribution in [0.5, 0.6) is 0 Å². The van der Waals surface area contributed by atoms with Crippen molar-refractivity contribution in [1.29, 1.82) is 0 Å². The molecule has 18 heavy (non-hydrogen) atoms. The molecule has 0 spiro atoms. The standard InChI is InChI=1S/C14H21NO3/c16-10-13(17)14(18)11-4-6-12(7-5-11)15-8-2-1-3-9-15/h4-7,13-14,16-18H,1-3,8-10H2. The quantitative estimate of drug-likeness (QED) is 0.749. The third-order valence-corrected chi connectivity index (χ3v) is 3.51. The Kier molecular flexibility index (Phi) is 4.58. The molecule has 2 rings (SSSR count). The number of anilines is 1. The van der Waals surface area contributed by atoms with E-state index >= 15 is 0 Å². The normalized spacial score (nSPS) is 19.6. The molecule has 1 fully saturated rings. The molecule has 2 atom stereocenters. The van der Waals surface area contributed by atoms with Gasteiger partial charge < -0.3 is 20.2 Å². The van der Waals surface area contributed by atoms with Crippen molar-refractivity contribution in [3.63, 3.8) is 0 Å². The maximum atomic E-state index is 9.77. The van der Waals surface area contributed by atoms with Crippen molar-refractivity contribution in [1.82, 2.24) is 0 Å². The Balaban J connectivity index is 2.04. The van der Waals surface area contributed by atoms with Gasteiger partial charge in [0.15, 0.2) is 0 Å². The molecule has 1 aliphatic rings. The molecule has 1 heterocycles. The largest absolute Gasteiger partial charge is 0.394 e. The number of benzene rings is 1. The molecule has 0 amide bonds. The van der Waals surface area contributed by atoms with E-state index in [0.29, 0.717) is 5.56 Å². The summed E-state index contributed by atoms with van der Waals surface area (Å²) >= 11 is 0. The zero-order valence-corrected chi connectivity index (χ0v) is 10.5. The van der Waals surface area contributed by atoms with Gasteiger partial charge in [-0.1, -0.05) is 12.1 Å². The molecule has 1 saturated heterocycles. The first-order chi connectivity index (χ1) is 8.72. The molecule has 0 saturated carbocycles. The van der Waals surface area contributed by atoms with Gasteiger partial charge in [0, 0.05) is 18.8 Å². The lowest BCUT2D eigenvalue weighted by molar-refractivity contribution is -0.0152. The van der Waals surface area contributed by atoms with E-state index < -0.39 is 18.8 Å². The van der Waals surface area contributed by atoms with Crippen LogP contribution in [-0.4, -0.2) is 41.1 Å². The van der Waals surface area contributed by atoms with Crippen molar-refractivity contribution in [2.75, 3.05) is 24.6 Å². The molecule has 4 nitrogen and oxygen atoms in total. The Morgan fingerprint density at radius 1 is 1.00 bits per heavy atom. The highest BCUT2D eigenvalue weighted by atomic mass is 16.4. The maximum Gasteiger partial charge on any atom is 0.107 e. The molecular formula is C14H21NO3. The molecule has 1 aromatic rings. The number of rotatable bonds is 4. The van der Waals surface area contributed by atoms with Gasteiger partial charge in [0.1, 0.15) is 12.2 Å². The minimum Gasteiger partial charge on any atom is -0.394 e. The summed E-state index contributed by atoms with van der Waals surface area (Å²) in [6, 6.07) is 7.56. The van der Waals surface area contributed by atoms with E-state index in [4.69, 9.17) is 5.11 Å². The number of hydrogen-bond acceptors (Lipinski definition) is 4. The Bertz CT molecular complexity index is 339. The summed E-state index contributed by atoms with van der Waals surface area (Å²) in [5, 5.41) is 28.0. The van der Waals surface area contributed by atoms with Crippen molar-refractivity contribution < 1.29 is 15.3 Å². The Morgan fingerprint density at radius 2 is 1.61 bits per heavy atom. The van der Waals surface area contributed by atoms with E-state index in [1.54, 1.807) is 0 Å². The predicted molar refractivity (Wildman–Crippen MR) is 70.6 cm³/mol. The molecule has 0 aliphatic carbocycles. The van der Waals surface area contributed by atoms with Gasteiger partial charge in [-0.2, -0.15) is 0 Å². The summed E-state index contributed by atoms with van der Waals surface area (Å²) in [5.74, 6) is 0. The van der Waals surface area contributed by atoms with Crippen LogP contribution < -0.4 is 4.90 Å². The van der Waals surface area contributed by atoms with Crippen LogP contribution in [0.15, 0.2) is 24.3 Å². The van der Waals surface area contributed by atoms with Gasteiger partial charge in [-0.25, -0.2) is 0 Å². The number of hydrogen-bond donors (Lipinski definition) is 3. The van der Waals surface area contributed by atoms with Crippen molar-refractivity contribution in [3.05, 3.63) is 29.8 Å². The fraction of sp³-hybridized carbons (Fsp3) is 0.571. The summed E-state index contributed by atoms with van der Waals surface area (Å²) < 4.78 is 0. The van der Waals surface area contributed by atoms with E-state index in [0.717, 1.165) is 18.8 Å². The van der Waals surface area contributed by atoms with E-state index in [-0.39, 0.29) is 0 Å². The first-order valence-electron chi connectivity index (χ1n) is 6.54. The molecule has 0 aromatic heterocycles. The second-order valence-corrected chi connectivity index (χ2v) is 4.83. The van der Waals surface area contributed by atoms with Gasteiger partial charge in [-0.3, -0.25) is 0 Å². The van der Waals surface area contributed by atoms with Gasteiger partial charge in [-0.15, -0.1) is 0 Å². The number of nitrogens with zero attached hydrogens (tertiary/aromatic N) is 1. The Hall–Kier alpha value is -1.10. The van der Waals surface area contributed by atoms with Gasteiger partial charge in [0.25, 0.3) is 0 Å². The lowest BCUT2D eigenvalue weighted by atomic mass is 10.0. The topological polar surface area (TPSA) is 63.9 Å². The molecule has 1 aromatic carbocycles. The van der Waals surface area contributed by atoms with Crippen LogP contribution in [-0.2, 0) is 0 Å². The SMILES string of the molecule is OCC(O)C(O)c1ccc(N2CCCCC2)cc1. The predicted octanol–water partition coefficient (Wildman–Crippen LogP) is 1.06. The fourth-order valence-corrected chi connectivity index (χ4v) is 2.36. The highest BCUT2D eigenvalue weighted by molar-refractivity contribution is 5.48. The molecule has 1 aliphatic heterocycles. The van der Waals surface area contributed by atoms with Crippen molar-refractivity contribution >= 4 is 5.69 Å². The van der Waals surface area contributed by atoms with Crippen LogP contribution >= 0.6 is 0 Å². The summed E-state index contributed by atoms with van der Waals surface area (Å²) in [6.45, 7) is 1.73. The highest BCUT2D eigenvalue weighted by Crippen LogP contribution is 2.23. The first-order valence-corrected chi connectivity index (χ1v) is 6.54. The van der Waals surface area contributed by atoms with Crippen LogP contribution in [0.1, 0.15) is 30.9 Å². The van der Waals surface area contributed by atoms with E-state index in [1.165, 1.54) is 19.3 Å². The number of aliphatic hydroxyl groups excluding tert-OH is 3. The zero-order chi connectivity index (χ0) is 13.0. The molecule has 0 bridgehead atoms. The van der Waals surface area contributed by atoms with Crippen molar-refractivity contribution in [2.24, 2.45) is 0 Å². The average Bonchev–Trinajstić information content (AvgIpc) is 2.47. The minimum atomic E-state index is -1.12. The molecular weight excluding hydrogens is 230 g/mol. The van der Waals surface area contributed by atoms with Crippen LogP contribution in [0.2, 0.25) is 0 Å². The smallest absolute Gasteiger partial charge is 0.107 e. The van der Waals surface area contributed by atoms with Gasteiger partial charge in [0.2, 0.25) is 0 Å². The monoisotopic (exact) mass is 251 g/mol. The van der Waals surface area contributed by atoms with Crippen LogP contribution in [0.25, 0.3) is 0 Å². The fourth-order valence-electron chi connectivity index (χ4n) is 2.36. The second kappa shape index (κ2) is 6.18. The highest BCUT2D eigenvalue weighted by Gasteiger charge is 2.18. The van der Waals surface area contributed by atoms with Crippen molar-refractivity contribution in [3.8, 4) is 0 Å².